The van der Waals surface area contributed by atoms with E-state index in [1.807, 2.05) is 34.6 Å². The van der Waals surface area contributed by atoms with Gasteiger partial charge in [-0.1, -0.05) is 11.6 Å². The summed E-state index contributed by atoms with van der Waals surface area (Å²) in [7, 11) is 0. The van der Waals surface area contributed by atoms with Gasteiger partial charge in [0.2, 0.25) is 0 Å². The van der Waals surface area contributed by atoms with E-state index >= 15 is 0 Å². The summed E-state index contributed by atoms with van der Waals surface area (Å²) >= 11 is 5.91. The second-order valence-corrected chi connectivity index (χ2v) is 5.94. The van der Waals surface area contributed by atoms with Crippen LogP contribution in [0.3, 0.4) is 0 Å². The number of hydrogen-bond acceptors (Lipinski definition) is 4. The molecule has 1 amide bonds. The summed E-state index contributed by atoms with van der Waals surface area (Å²) < 4.78 is 10.8. The largest absolute Gasteiger partial charge is 0.491 e. The lowest BCUT2D eigenvalue weighted by molar-refractivity contribution is 0.0494. The number of alkyl carbamates (subject to hydrolysis) is 1. The molecule has 1 unspecified atom stereocenters. The number of carbonyl (C=O) groups excluding carboxylic acids is 1. The lowest BCUT2D eigenvalue weighted by Crippen LogP contribution is -2.40. The van der Waals surface area contributed by atoms with Gasteiger partial charge in [0.25, 0.3) is 0 Å². The first-order chi connectivity index (χ1) is 9.19. The second-order valence-electron chi connectivity index (χ2n) is 5.58. The number of ether oxygens (including phenoxy) is 2. The summed E-state index contributed by atoms with van der Waals surface area (Å²) in [6, 6.07) is 1.55. The van der Waals surface area contributed by atoms with Crippen molar-refractivity contribution in [3.8, 4) is 5.75 Å². The Morgan fingerprint density at radius 2 is 2.15 bits per heavy atom. The summed E-state index contributed by atoms with van der Waals surface area (Å²) in [6.45, 7) is 9.43. The Balaban J connectivity index is 2.46. The lowest BCUT2D eigenvalue weighted by atomic mass is 10.2. The van der Waals surface area contributed by atoms with Gasteiger partial charge in [-0.3, -0.25) is 0 Å². The van der Waals surface area contributed by atoms with E-state index in [9.17, 15) is 4.79 Å². The zero-order chi connectivity index (χ0) is 15.3. The van der Waals surface area contributed by atoms with Crippen LogP contribution in [0.5, 0.6) is 5.75 Å². The number of nitrogens with zero attached hydrogens (tertiary/aromatic N) is 1. The fourth-order valence-electron chi connectivity index (χ4n) is 1.42. The van der Waals surface area contributed by atoms with Gasteiger partial charge in [-0.25, -0.2) is 9.78 Å². The molecule has 1 aromatic heterocycles. The van der Waals surface area contributed by atoms with Crippen molar-refractivity contribution in [1.82, 2.24) is 10.3 Å². The minimum atomic E-state index is -0.514. The van der Waals surface area contributed by atoms with Crippen LogP contribution in [0, 0.1) is 6.92 Å². The van der Waals surface area contributed by atoms with E-state index < -0.39 is 11.7 Å². The van der Waals surface area contributed by atoms with E-state index in [4.69, 9.17) is 21.1 Å². The Morgan fingerprint density at radius 3 is 2.75 bits per heavy atom. The number of aromatic nitrogens is 1. The second kappa shape index (κ2) is 6.79. The number of nitrogens with one attached hydrogen (secondary N) is 1. The molecule has 1 aromatic rings. The third-order valence-electron chi connectivity index (χ3n) is 2.34. The Bertz CT molecular complexity index is 472. The first-order valence-electron chi connectivity index (χ1n) is 6.42. The fourth-order valence-corrected chi connectivity index (χ4v) is 1.56. The molecule has 20 heavy (non-hydrogen) atoms. The zero-order valence-corrected chi connectivity index (χ0v) is 13.2. The van der Waals surface area contributed by atoms with E-state index in [1.54, 1.807) is 12.3 Å². The van der Waals surface area contributed by atoms with Crippen LogP contribution < -0.4 is 10.1 Å². The normalized spacial score (nSPS) is 12.7. The third kappa shape index (κ3) is 5.65. The van der Waals surface area contributed by atoms with Crippen molar-refractivity contribution < 1.29 is 14.3 Å². The number of rotatable bonds is 4. The van der Waals surface area contributed by atoms with Crippen LogP contribution in [0.15, 0.2) is 12.3 Å². The molecule has 0 fully saturated rings. The molecule has 1 atom stereocenters. The minimum absolute atomic E-state index is 0.184. The van der Waals surface area contributed by atoms with Gasteiger partial charge in [0.15, 0.2) is 0 Å². The van der Waals surface area contributed by atoms with Crippen LogP contribution in [0.25, 0.3) is 0 Å². The molecule has 0 saturated carbocycles. The summed E-state index contributed by atoms with van der Waals surface area (Å²) in [5, 5.41) is 3.12. The standard InChI is InChI=1S/C14H21ClN2O3/c1-9(17-13(18)20-14(3,4)5)8-19-11-6-7-16-12(15)10(11)2/h6-7,9H,8H2,1-5H3,(H,17,18). The third-order valence-corrected chi connectivity index (χ3v) is 2.73. The van der Waals surface area contributed by atoms with Crippen LogP contribution in [-0.2, 0) is 4.74 Å². The predicted octanol–water partition coefficient (Wildman–Crippen LogP) is 3.34. The molecule has 1 heterocycles. The highest BCUT2D eigenvalue weighted by Gasteiger charge is 2.18. The van der Waals surface area contributed by atoms with Crippen molar-refractivity contribution in [2.75, 3.05) is 6.61 Å². The number of pyridine rings is 1. The van der Waals surface area contributed by atoms with Gasteiger partial charge in [0.05, 0.1) is 6.04 Å². The van der Waals surface area contributed by atoms with Crippen molar-refractivity contribution in [3.63, 3.8) is 0 Å². The Hall–Kier alpha value is -1.49. The Morgan fingerprint density at radius 1 is 1.50 bits per heavy atom. The maximum atomic E-state index is 11.6. The average molecular weight is 301 g/mol. The molecule has 0 bridgehead atoms. The van der Waals surface area contributed by atoms with Crippen LogP contribution >= 0.6 is 11.6 Å². The van der Waals surface area contributed by atoms with Gasteiger partial charge in [-0.2, -0.15) is 0 Å². The molecule has 5 nitrogen and oxygen atoms in total. The summed E-state index contributed by atoms with van der Waals surface area (Å²) in [4.78, 5) is 15.5. The average Bonchev–Trinajstić information content (AvgIpc) is 2.28. The van der Waals surface area contributed by atoms with Crippen molar-refractivity contribution in [2.45, 2.75) is 46.3 Å². The van der Waals surface area contributed by atoms with Crippen molar-refractivity contribution in [2.24, 2.45) is 0 Å². The first-order valence-corrected chi connectivity index (χ1v) is 6.80. The molecule has 1 rings (SSSR count). The van der Waals surface area contributed by atoms with Gasteiger partial charge in [-0.05, 0) is 40.7 Å². The molecular formula is C14H21ClN2O3. The highest BCUT2D eigenvalue weighted by atomic mass is 35.5. The van der Waals surface area contributed by atoms with Gasteiger partial charge < -0.3 is 14.8 Å². The zero-order valence-electron chi connectivity index (χ0n) is 12.5. The van der Waals surface area contributed by atoms with Crippen LogP contribution in [0.4, 0.5) is 4.79 Å². The lowest BCUT2D eigenvalue weighted by Gasteiger charge is -2.22. The molecule has 112 valence electrons. The molecule has 0 aromatic carbocycles. The molecule has 0 spiro atoms. The van der Waals surface area contributed by atoms with E-state index in [-0.39, 0.29) is 6.04 Å². The monoisotopic (exact) mass is 300 g/mol. The van der Waals surface area contributed by atoms with Gasteiger partial charge in [-0.15, -0.1) is 0 Å². The van der Waals surface area contributed by atoms with E-state index in [0.717, 1.165) is 5.56 Å². The SMILES string of the molecule is Cc1c(OCC(C)NC(=O)OC(C)(C)C)ccnc1Cl. The topological polar surface area (TPSA) is 60.5 Å². The number of hydrogen-bond donors (Lipinski definition) is 1. The first kappa shape index (κ1) is 16.6. The van der Waals surface area contributed by atoms with Gasteiger partial charge >= 0.3 is 6.09 Å². The Kier molecular flexibility index (Phi) is 5.62. The smallest absolute Gasteiger partial charge is 0.407 e. The van der Waals surface area contributed by atoms with E-state index in [2.05, 4.69) is 10.3 Å². The van der Waals surface area contributed by atoms with Gasteiger partial charge in [0.1, 0.15) is 23.1 Å². The summed E-state index contributed by atoms with van der Waals surface area (Å²) in [5.74, 6) is 0.655. The van der Waals surface area contributed by atoms with Crippen molar-refractivity contribution in [3.05, 3.63) is 23.0 Å². The molecule has 0 aliphatic carbocycles. The maximum Gasteiger partial charge on any atom is 0.407 e. The van der Waals surface area contributed by atoms with E-state index in [1.165, 1.54) is 0 Å². The van der Waals surface area contributed by atoms with Crippen LogP contribution in [0.2, 0.25) is 5.15 Å². The molecule has 1 N–H and O–H groups in total. The molecule has 0 aliphatic rings. The minimum Gasteiger partial charge on any atom is -0.491 e. The number of carbonyl (C=O) groups is 1. The highest BCUT2D eigenvalue weighted by molar-refractivity contribution is 6.30. The van der Waals surface area contributed by atoms with Crippen molar-refractivity contribution >= 4 is 17.7 Å². The summed E-state index contributed by atoms with van der Waals surface area (Å²) in [5.41, 5.74) is 0.262. The Labute approximate surface area is 124 Å². The van der Waals surface area contributed by atoms with E-state index in [0.29, 0.717) is 17.5 Å². The molecular weight excluding hydrogens is 280 g/mol. The molecule has 0 saturated heterocycles. The summed E-state index contributed by atoms with van der Waals surface area (Å²) in [6.07, 6.45) is 1.12. The molecule has 0 radical (unpaired) electrons. The van der Waals surface area contributed by atoms with Crippen LogP contribution in [-0.4, -0.2) is 29.3 Å². The molecule has 0 aliphatic heterocycles. The quantitative estimate of drug-likeness (QED) is 0.866. The number of halogens is 1. The van der Waals surface area contributed by atoms with Crippen LogP contribution in [0.1, 0.15) is 33.3 Å². The van der Waals surface area contributed by atoms with Crippen molar-refractivity contribution in [1.29, 1.82) is 0 Å². The maximum absolute atomic E-state index is 11.6. The molecule has 6 heteroatoms. The predicted molar refractivity (Wildman–Crippen MR) is 78.3 cm³/mol. The highest BCUT2D eigenvalue weighted by Crippen LogP contribution is 2.22. The van der Waals surface area contributed by atoms with Gasteiger partial charge in [0, 0.05) is 11.8 Å². The fraction of sp³-hybridized carbons (Fsp3) is 0.571. The number of amides is 1.